The molecule has 0 aliphatic carbocycles. The molecule has 6 nitrogen and oxygen atoms in total. The fraction of sp³-hybridized carbons (Fsp3) is 0.188. The molecule has 0 amide bonds. The summed E-state index contributed by atoms with van der Waals surface area (Å²) in [5.74, 6) is -0.964. The number of nitrogens with zero attached hydrogens (tertiary/aromatic N) is 2. The highest BCUT2D eigenvalue weighted by Crippen LogP contribution is 2.28. The Balaban J connectivity index is 2.50. The summed E-state index contributed by atoms with van der Waals surface area (Å²) in [7, 11) is -2.62. The highest BCUT2D eigenvalue weighted by Gasteiger charge is 2.24. The Kier molecular flexibility index (Phi) is 6.69. The second kappa shape index (κ2) is 8.55. The van der Waals surface area contributed by atoms with Crippen molar-refractivity contribution in [3.8, 4) is 0 Å². The van der Waals surface area contributed by atoms with Crippen LogP contribution in [0.15, 0.2) is 41.1 Å². The average molecular weight is 446 g/mol. The minimum absolute atomic E-state index is 0.0502. The lowest BCUT2D eigenvalue weighted by atomic mass is 10.2. The summed E-state index contributed by atoms with van der Waals surface area (Å²) in [6.07, 6.45) is 4.08. The van der Waals surface area contributed by atoms with Gasteiger partial charge in [-0.05, 0) is 29.8 Å². The maximum Gasteiger partial charge on any atom is 0.306 e. The third kappa shape index (κ3) is 5.35. The Bertz CT molecular complexity index is 902. The molecule has 0 saturated heterocycles. The van der Waals surface area contributed by atoms with Crippen LogP contribution in [0.1, 0.15) is 17.8 Å². The highest BCUT2D eigenvalue weighted by molar-refractivity contribution is 9.10. The molecule has 25 heavy (non-hydrogen) atoms. The summed E-state index contributed by atoms with van der Waals surface area (Å²) >= 11 is 9.27. The number of carbonyl (C=O) groups is 1. The summed E-state index contributed by atoms with van der Waals surface area (Å²) < 4.78 is 30.6. The Labute approximate surface area is 158 Å². The zero-order valence-corrected chi connectivity index (χ0v) is 16.3. The van der Waals surface area contributed by atoms with E-state index in [1.807, 2.05) is 0 Å². The van der Waals surface area contributed by atoms with Gasteiger partial charge >= 0.3 is 5.97 Å². The second-order valence-corrected chi connectivity index (χ2v) is 8.26. The van der Waals surface area contributed by atoms with Crippen LogP contribution in [-0.4, -0.2) is 37.2 Å². The predicted molar refractivity (Wildman–Crippen MR) is 99.5 cm³/mol. The molecule has 1 aromatic carbocycles. The van der Waals surface area contributed by atoms with Crippen molar-refractivity contribution in [3.05, 3.63) is 57.5 Å². The minimum atomic E-state index is -3.82. The summed E-state index contributed by atoms with van der Waals surface area (Å²) in [5.41, 5.74) is 0.591. The van der Waals surface area contributed by atoms with E-state index in [0.717, 1.165) is 0 Å². The maximum atomic E-state index is 12.7. The lowest BCUT2D eigenvalue weighted by molar-refractivity contribution is -0.140. The molecule has 0 unspecified atom stereocenters. The largest absolute Gasteiger partial charge is 0.469 e. The van der Waals surface area contributed by atoms with Crippen LogP contribution in [0.4, 0.5) is 0 Å². The quantitative estimate of drug-likeness (QED) is 0.634. The third-order valence-electron chi connectivity index (χ3n) is 3.17. The monoisotopic (exact) mass is 444 g/mol. The molecule has 0 spiro atoms. The van der Waals surface area contributed by atoms with Crippen LogP contribution in [-0.2, 0) is 19.4 Å². The van der Waals surface area contributed by atoms with E-state index in [1.165, 1.54) is 25.6 Å². The fourth-order valence-corrected chi connectivity index (χ4v) is 4.05. The fourth-order valence-electron chi connectivity index (χ4n) is 1.91. The van der Waals surface area contributed by atoms with E-state index >= 15 is 0 Å². The maximum absolute atomic E-state index is 12.7. The molecule has 0 N–H and O–H groups in total. The minimum Gasteiger partial charge on any atom is -0.469 e. The van der Waals surface area contributed by atoms with Crippen LogP contribution >= 0.6 is 27.5 Å². The number of methoxy groups -OCH3 is 1. The summed E-state index contributed by atoms with van der Waals surface area (Å²) in [5, 5.41) is 0.509. The number of sulfone groups is 1. The Morgan fingerprint density at radius 3 is 2.60 bits per heavy atom. The number of carbonyl (C=O) groups excluding carboxylic acids is 1. The van der Waals surface area contributed by atoms with Crippen LogP contribution in [0.2, 0.25) is 5.02 Å². The first-order valence-corrected chi connectivity index (χ1v) is 9.89. The van der Waals surface area contributed by atoms with Crippen molar-refractivity contribution in [1.29, 1.82) is 0 Å². The van der Waals surface area contributed by atoms with E-state index in [4.69, 9.17) is 11.6 Å². The Hall–Kier alpha value is -1.77. The van der Waals surface area contributed by atoms with Crippen LogP contribution in [0, 0.1) is 0 Å². The lowest BCUT2D eigenvalue weighted by Crippen LogP contribution is -2.14. The molecule has 2 aromatic rings. The zero-order valence-electron chi connectivity index (χ0n) is 13.1. The molecule has 132 valence electrons. The number of halogens is 2. The molecule has 1 aromatic heterocycles. The van der Waals surface area contributed by atoms with Gasteiger partial charge < -0.3 is 4.74 Å². The number of esters is 1. The van der Waals surface area contributed by atoms with E-state index in [1.54, 1.807) is 24.3 Å². The van der Waals surface area contributed by atoms with Crippen molar-refractivity contribution >= 4 is 54.3 Å². The molecule has 9 heteroatoms. The van der Waals surface area contributed by atoms with Crippen LogP contribution in [0.3, 0.4) is 0 Å². The number of hydrogen-bond acceptors (Lipinski definition) is 6. The van der Waals surface area contributed by atoms with Gasteiger partial charge in [0.1, 0.15) is 4.91 Å². The Morgan fingerprint density at radius 1 is 1.32 bits per heavy atom. The number of aromatic nitrogens is 2. The van der Waals surface area contributed by atoms with Gasteiger partial charge in [-0.1, -0.05) is 33.6 Å². The first-order chi connectivity index (χ1) is 11.8. The van der Waals surface area contributed by atoms with Gasteiger partial charge in [0, 0.05) is 21.9 Å². The number of rotatable bonds is 6. The number of benzene rings is 1. The van der Waals surface area contributed by atoms with Gasteiger partial charge in [-0.2, -0.15) is 0 Å². The molecule has 0 saturated carbocycles. The van der Waals surface area contributed by atoms with Crippen molar-refractivity contribution in [2.75, 3.05) is 12.9 Å². The van der Waals surface area contributed by atoms with Gasteiger partial charge in [-0.3, -0.25) is 4.79 Å². The SMILES string of the molecule is COC(=O)CCS(=O)(=O)C(=Cc1ccc(Cl)cc1Br)c1ncccn1. The van der Waals surface area contributed by atoms with Crippen molar-refractivity contribution < 1.29 is 17.9 Å². The normalized spacial score (nSPS) is 12.0. The number of ether oxygens (including phenoxy) is 1. The molecule has 0 atom stereocenters. The lowest BCUT2D eigenvalue weighted by Gasteiger charge is -2.09. The standard InChI is InChI=1S/C16H14BrClN2O4S/c1-24-15(21)5-8-25(22,23)14(16-19-6-2-7-20-16)9-11-3-4-12(18)10-13(11)17/h2-4,6-7,9-10H,5,8H2,1H3. The summed E-state index contributed by atoms with van der Waals surface area (Å²) in [6, 6.07) is 6.55. The van der Waals surface area contributed by atoms with Gasteiger partial charge in [0.05, 0.1) is 19.3 Å². The molecule has 2 rings (SSSR count). The van der Waals surface area contributed by atoms with Gasteiger partial charge in [-0.15, -0.1) is 0 Å². The van der Waals surface area contributed by atoms with E-state index < -0.39 is 21.6 Å². The van der Waals surface area contributed by atoms with E-state index in [-0.39, 0.29) is 17.2 Å². The van der Waals surface area contributed by atoms with Gasteiger partial charge in [0.2, 0.25) is 0 Å². The van der Waals surface area contributed by atoms with Crippen molar-refractivity contribution in [2.24, 2.45) is 0 Å². The van der Waals surface area contributed by atoms with Crippen LogP contribution in [0.5, 0.6) is 0 Å². The molecule has 0 fully saturated rings. The highest BCUT2D eigenvalue weighted by atomic mass is 79.9. The topological polar surface area (TPSA) is 86.2 Å². The predicted octanol–water partition coefficient (Wildman–Crippen LogP) is 3.37. The van der Waals surface area contributed by atoms with Gasteiger partial charge in [0.25, 0.3) is 0 Å². The summed E-state index contributed by atoms with van der Waals surface area (Å²) in [6.45, 7) is 0. The molecule has 0 radical (unpaired) electrons. The van der Waals surface area contributed by atoms with E-state index in [9.17, 15) is 13.2 Å². The first-order valence-electron chi connectivity index (χ1n) is 7.07. The molecular weight excluding hydrogens is 432 g/mol. The van der Waals surface area contributed by atoms with E-state index in [2.05, 4.69) is 30.6 Å². The van der Waals surface area contributed by atoms with Crippen molar-refractivity contribution in [3.63, 3.8) is 0 Å². The molecule has 0 bridgehead atoms. The van der Waals surface area contributed by atoms with Crippen LogP contribution in [0.25, 0.3) is 11.0 Å². The smallest absolute Gasteiger partial charge is 0.306 e. The van der Waals surface area contributed by atoms with Crippen molar-refractivity contribution in [1.82, 2.24) is 9.97 Å². The first kappa shape index (κ1) is 19.6. The zero-order chi connectivity index (χ0) is 18.4. The second-order valence-electron chi connectivity index (χ2n) is 4.89. The van der Waals surface area contributed by atoms with Gasteiger partial charge in [-0.25, -0.2) is 18.4 Å². The Morgan fingerprint density at radius 2 is 2.00 bits per heavy atom. The number of hydrogen-bond donors (Lipinski definition) is 0. The molecule has 1 heterocycles. The molecule has 0 aliphatic rings. The van der Waals surface area contributed by atoms with Crippen LogP contribution < -0.4 is 0 Å². The van der Waals surface area contributed by atoms with E-state index in [0.29, 0.717) is 15.1 Å². The van der Waals surface area contributed by atoms with Crippen molar-refractivity contribution in [2.45, 2.75) is 6.42 Å². The van der Waals surface area contributed by atoms with Gasteiger partial charge in [0.15, 0.2) is 15.7 Å². The molecule has 0 aliphatic heterocycles. The third-order valence-corrected chi connectivity index (χ3v) is 5.81. The summed E-state index contributed by atoms with van der Waals surface area (Å²) in [4.78, 5) is 19.3. The molecular formula is C16H14BrClN2O4S. The average Bonchev–Trinajstić information content (AvgIpc) is 2.59.